The minimum Gasteiger partial charge on any atom is -0.496 e. The number of nitrogens with zero attached hydrogens (tertiary/aromatic N) is 2. The molecule has 0 fully saturated rings. The van der Waals surface area contributed by atoms with Crippen LogP contribution in [0.3, 0.4) is 0 Å². The second-order valence-corrected chi connectivity index (χ2v) is 5.30. The highest BCUT2D eigenvalue weighted by atomic mass is 35.5. The number of ether oxygens (including phenoxy) is 1. The number of methoxy groups -OCH3 is 1. The minimum absolute atomic E-state index is 0.142. The Balaban J connectivity index is 2.10. The molecule has 0 saturated heterocycles. The fraction of sp³-hybridized carbons (Fsp3) is 0.400. The van der Waals surface area contributed by atoms with Crippen LogP contribution in [0.25, 0.3) is 0 Å². The van der Waals surface area contributed by atoms with E-state index in [9.17, 15) is 0 Å². The van der Waals surface area contributed by atoms with Gasteiger partial charge in [-0.25, -0.2) is 0 Å². The molecule has 1 unspecified atom stereocenters. The van der Waals surface area contributed by atoms with Gasteiger partial charge >= 0.3 is 0 Å². The van der Waals surface area contributed by atoms with Gasteiger partial charge in [0, 0.05) is 41.5 Å². The molecule has 0 aliphatic rings. The lowest BCUT2D eigenvalue weighted by atomic mass is 10.1. The van der Waals surface area contributed by atoms with Crippen LogP contribution in [0.4, 0.5) is 0 Å². The molecule has 1 aromatic heterocycles. The summed E-state index contributed by atoms with van der Waals surface area (Å²) in [6.07, 6.45) is 1.89. The maximum absolute atomic E-state index is 6.07. The van der Waals surface area contributed by atoms with E-state index >= 15 is 0 Å². The molecule has 2 aromatic rings. The molecule has 2 rings (SSSR count). The van der Waals surface area contributed by atoms with Crippen molar-refractivity contribution in [3.63, 3.8) is 0 Å². The quantitative estimate of drug-likeness (QED) is 0.920. The smallest absolute Gasteiger partial charge is 0.123 e. The van der Waals surface area contributed by atoms with Crippen LogP contribution in [-0.2, 0) is 13.6 Å². The summed E-state index contributed by atoms with van der Waals surface area (Å²) in [5, 5.41) is 8.44. The summed E-state index contributed by atoms with van der Waals surface area (Å²) in [5.74, 6) is 0.845. The zero-order valence-corrected chi connectivity index (χ0v) is 13.0. The van der Waals surface area contributed by atoms with Gasteiger partial charge in [0.25, 0.3) is 0 Å². The van der Waals surface area contributed by atoms with Crippen molar-refractivity contribution < 1.29 is 4.74 Å². The summed E-state index contributed by atoms with van der Waals surface area (Å²) < 4.78 is 7.26. The molecule has 0 saturated carbocycles. The Kier molecular flexibility index (Phi) is 4.68. The van der Waals surface area contributed by atoms with Crippen LogP contribution in [0.2, 0.25) is 5.02 Å². The number of halogens is 1. The molecule has 20 heavy (non-hydrogen) atoms. The molecule has 1 N–H and O–H groups in total. The highest BCUT2D eigenvalue weighted by Crippen LogP contribution is 2.28. The van der Waals surface area contributed by atoms with Gasteiger partial charge in [-0.1, -0.05) is 11.6 Å². The molecule has 0 bridgehead atoms. The SMILES string of the molecule is COc1ccc(Cl)cc1C(C)NCc1cnn(C)c1C. The van der Waals surface area contributed by atoms with E-state index in [1.807, 2.05) is 36.1 Å². The van der Waals surface area contributed by atoms with Gasteiger partial charge in [0.1, 0.15) is 5.75 Å². The molecule has 108 valence electrons. The first-order valence-electron chi connectivity index (χ1n) is 6.57. The summed E-state index contributed by atoms with van der Waals surface area (Å²) in [6.45, 7) is 4.92. The molecule has 0 amide bonds. The van der Waals surface area contributed by atoms with Crippen LogP contribution in [-0.4, -0.2) is 16.9 Å². The average molecular weight is 294 g/mol. The van der Waals surface area contributed by atoms with Gasteiger partial charge in [-0.05, 0) is 32.0 Å². The summed E-state index contributed by atoms with van der Waals surface area (Å²) >= 11 is 6.07. The van der Waals surface area contributed by atoms with Crippen molar-refractivity contribution in [2.24, 2.45) is 7.05 Å². The highest BCUT2D eigenvalue weighted by Gasteiger charge is 2.13. The van der Waals surface area contributed by atoms with E-state index in [0.29, 0.717) is 5.02 Å². The maximum atomic E-state index is 6.07. The standard InChI is InChI=1S/C15H20ClN3O/c1-10(14-7-13(16)5-6-15(14)20-4)17-8-12-9-18-19(3)11(12)2/h5-7,9-10,17H,8H2,1-4H3. The normalized spacial score (nSPS) is 12.4. The van der Waals surface area contributed by atoms with Crippen LogP contribution in [0.5, 0.6) is 5.75 Å². The van der Waals surface area contributed by atoms with Crippen molar-refractivity contribution in [1.82, 2.24) is 15.1 Å². The fourth-order valence-corrected chi connectivity index (χ4v) is 2.31. The molecule has 1 atom stereocenters. The summed E-state index contributed by atoms with van der Waals surface area (Å²) in [7, 11) is 3.62. The largest absolute Gasteiger partial charge is 0.496 e. The van der Waals surface area contributed by atoms with Crippen LogP contribution in [0, 0.1) is 6.92 Å². The van der Waals surface area contributed by atoms with Gasteiger partial charge in [0.15, 0.2) is 0 Å². The van der Waals surface area contributed by atoms with Gasteiger partial charge in [0.2, 0.25) is 0 Å². The Morgan fingerprint density at radius 1 is 1.45 bits per heavy atom. The molecule has 4 nitrogen and oxygen atoms in total. The molecule has 0 radical (unpaired) electrons. The zero-order valence-electron chi connectivity index (χ0n) is 12.3. The van der Waals surface area contributed by atoms with E-state index in [4.69, 9.17) is 16.3 Å². The topological polar surface area (TPSA) is 39.1 Å². The van der Waals surface area contributed by atoms with Crippen molar-refractivity contribution in [3.8, 4) is 5.75 Å². The molecule has 1 heterocycles. The van der Waals surface area contributed by atoms with Crippen molar-refractivity contribution in [1.29, 1.82) is 0 Å². The van der Waals surface area contributed by atoms with Crippen molar-refractivity contribution >= 4 is 11.6 Å². The Morgan fingerprint density at radius 2 is 2.20 bits per heavy atom. The third kappa shape index (κ3) is 3.14. The van der Waals surface area contributed by atoms with Crippen LogP contribution >= 0.6 is 11.6 Å². The van der Waals surface area contributed by atoms with E-state index < -0.39 is 0 Å². The van der Waals surface area contributed by atoms with E-state index in [0.717, 1.165) is 17.9 Å². The first-order chi connectivity index (χ1) is 9.52. The maximum Gasteiger partial charge on any atom is 0.123 e. The Labute approximate surface area is 124 Å². The lowest BCUT2D eigenvalue weighted by Crippen LogP contribution is -2.19. The second kappa shape index (κ2) is 6.29. The van der Waals surface area contributed by atoms with E-state index in [1.165, 1.54) is 11.3 Å². The number of rotatable bonds is 5. The first kappa shape index (κ1) is 14.9. The van der Waals surface area contributed by atoms with Gasteiger partial charge in [-0.15, -0.1) is 0 Å². The number of aryl methyl sites for hydroxylation is 1. The predicted molar refractivity (Wildman–Crippen MR) is 81.2 cm³/mol. The lowest BCUT2D eigenvalue weighted by molar-refractivity contribution is 0.401. The third-order valence-corrected chi connectivity index (χ3v) is 3.83. The van der Waals surface area contributed by atoms with E-state index in [2.05, 4.69) is 24.3 Å². The van der Waals surface area contributed by atoms with Crippen LogP contribution in [0.15, 0.2) is 24.4 Å². The number of hydrogen-bond acceptors (Lipinski definition) is 3. The first-order valence-corrected chi connectivity index (χ1v) is 6.95. The molecule has 1 aromatic carbocycles. The molecule has 0 spiro atoms. The summed E-state index contributed by atoms with van der Waals surface area (Å²) in [4.78, 5) is 0. The molecule has 0 aliphatic heterocycles. The second-order valence-electron chi connectivity index (χ2n) is 4.87. The third-order valence-electron chi connectivity index (χ3n) is 3.59. The van der Waals surface area contributed by atoms with Gasteiger partial charge < -0.3 is 10.1 Å². The molecular formula is C15H20ClN3O. The van der Waals surface area contributed by atoms with E-state index in [-0.39, 0.29) is 6.04 Å². The molecule has 5 heteroatoms. The van der Waals surface area contributed by atoms with Crippen molar-refractivity contribution in [2.75, 3.05) is 7.11 Å². The van der Waals surface area contributed by atoms with E-state index in [1.54, 1.807) is 7.11 Å². The Hall–Kier alpha value is -1.52. The van der Waals surface area contributed by atoms with Crippen molar-refractivity contribution in [3.05, 3.63) is 46.2 Å². The summed E-state index contributed by atoms with van der Waals surface area (Å²) in [5.41, 5.74) is 3.42. The van der Waals surface area contributed by atoms with Crippen LogP contribution in [0.1, 0.15) is 29.8 Å². The van der Waals surface area contributed by atoms with Gasteiger partial charge in [0.05, 0.1) is 13.3 Å². The molecular weight excluding hydrogens is 274 g/mol. The van der Waals surface area contributed by atoms with Crippen LogP contribution < -0.4 is 10.1 Å². The predicted octanol–water partition coefficient (Wildman–Crippen LogP) is 3.24. The summed E-state index contributed by atoms with van der Waals surface area (Å²) in [6, 6.07) is 5.81. The fourth-order valence-electron chi connectivity index (χ4n) is 2.13. The van der Waals surface area contributed by atoms with Crippen molar-refractivity contribution in [2.45, 2.75) is 26.4 Å². The number of benzene rings is 1. The number of nitrogens with one attached hydrogen (secondary N) is 1. The zero-order chi connectivity index (χ0) is 14.7. The molecule has 0 aliphatic carbocycles. The Bertz CT molecular complexity index is 595. The average Bonchev–Trinajstić information content (AvgIpc) is 2.76. The number of aromatic nitrogens is 2. The van der Waals surface area contributed by atoms with Gasteiger partial charge in [-0.3, -0.25) is 4.68 Å². The monoisotopic (exact) mass is 293 g/mol. The van der Waals surface area contributed by atoms with Gasteiger partial charge in [-0.2, -0.15) is 5.10 Å². The Morgan fingerprint density at radius 3 is 2.80 bits per heavy atom. The number of hydrogen-bond donors (Lipinski definition) is 1. The minimum atomic E-state index is 0.142. The highest BCUT2D eigenvalue weighted by molar-refractivity contribution is 6.30. The lowest BCUT2D eigenvalue weighted by Gasteiger charge is -2.17.